The van der Waals surface area contributed by atoms with Gasteiger partial charge in [0.25, 0.3) is 0 Å². The fraction of sp³-hybridized carbons (Fsp3) is 0.500. The number of rotatable bonds is 6. The van der Waals surface area contributed by atoms with Crippen molar-refractivity contribution in [1.29, 1.82) is 0 Å². The van der Waals surface area contributed by atoms with Crippen LogP contribution < -0.4 is 0 Å². The average molecular weight is 226 g/mol. The highest BCUT2D eigenvalue weighted by Crippen LogP contribution is 1.94. The maximum atomic E-state index is 9.01. The lowest BCUT2D eigenvalue weighted by molar-refractivity contribution is 0.257. The summed E-state index contributed by atoms with van der Waals surface area (Å²) in [5, 5.41) is 18.0. The molecule has 16 heavy (non-hydrogen) atoms. The summed E-state index contributed by atoms with van der Waals surface area (Å²) in [4.78, 5) is 0. The minimum Gasteiger partial charge on any atom is -0.509 e. The van der Waals surface area contributed by atoms with Crippen LogP contribution >= 0.6 is 0 Å². The Morgan fingerprint density at radius 2 is 1.31 bits per heavy atom. The Hall–Kier alpha value is -1.76. The van der Waals surface area contributed by atoms with E-state index in [0.29, 0.717) is 12.8 Å². The van der Waals surface area contributed by atoms with Gasteiger partial charge in [0.1, 0.15) is 37.3 Å². The fourth-order valence-corrected chi connectivity index (χ4v) is 0.628. The molecular weight excluding hydrogens is 208 g/mol. The average Bonchev–Trinajstić information content (AvgIpc) is 2.31. The molecule has 0 aliphatic rings. The molecule has 4 nitrogen and oxygen atoms in total. The van der Waals surface area contributed by atoms with Crippen molar-refractivity contribution in [2.45, 2.75) is 26.7 Å². The van der Waals surface area contributed by atoms with Gasteiger partial charge in [-0.25, -0.2) is 0 Å². The SMILES string of the molecule is CCC(O)=COCC#CCOC=C(O)CC. The van der Waals surface area contributed by atoms with Gasteiger partial charge >= 0.3 is 0 Å². The molecule has 0 amide bonds. The first kappa shape index (κ1) is 14.2. The van der Waals surface area contributed by atoms with Crippen molar-refractivity contribution in [1.82, 2.24) is 0 Å². The quantitative estimate of drug-likeness (QED) is 0.415. The summed E-state index contributed by atoms with van der Waals surface area (Å²) in [5.41, 5.74) is 0. The second-order valence-electron chi connectivity index (χ2n) is 2.90. The topological polar surface area (TPSA) is 58.9 Å². The number of hydrogen-bond donors (Lipinski definition) is 2. The van der Waals surface area contributed by atoms with Gasteiger partial charge in [-0.1, -0.05) is 25.7 Å². The monoisotopic (exact) mass is 226 g/mol. The molecule has 0 spiro atoms. The Bertz CT molecular complexity index is 266. The molecular formula is C12H18O4. The Labute approximate surface area is 96.2 Å². The number of allylic oxidation sites excluding steroid dienone is 2. The molecule has 0 saturated heterocycles. The van der Waals surface area contributed by atoms with Crippen molar-refractivity contribution in [2.24, 2.45) is 0 Å². The molecule has 2 N–H and O–H groups in total. The van der Waals surface area contributed by atoms with Crippen molar-refractivity contribution in [3.63, 3.8) is 0 Å². The van der Waals surface area contributed by atoms with Crippen LogP contribution in [0, 0.1) is 11.8 Å². The molecule has 0 atom stereocenters. The summed E-state index contributed by atoms with van der Waals surface area (Å²) in [6.45, 7) is 4.05. The van der Waals surface area contributed by atoms with Crippen LogP contribution in [0.15, 0.2) is 24.0 Å². The first-order chi connectivity index (χ1) is 7.70. The van der Waals surface area contributed by atoms with Crippen molar-refractivity contribution < 1.29 is 19.7 Å². The third-order valence-electron chi connectivity index (χ3n) is 1.60. The summed E-state index contributed by atoms with van der Waals surface area (Å²) in [5.74, 6) is 5.76. The smallest absolute Gasteiger partial charge is 0.148 e. The van der Waals surface area contributed by atoms with Gasteiger partial charge in [0.15, 0.2) is 0 Å². The van der Waals surface area contributed by atoms with Crippen molar-refractivity contribution in [3.8, 4) is 11.8 Å². The number of ether oxygens (including phenoxy) is 2. The highest BCUT2D eigenvalue weighted by Gasteiger charge is 1.86. The van der Waals surface area contributed by atoms with Gasteiger partial charge in [0.2, 0.25) is 0 Å². The third-order valence-corrected chi connectivity index (χ3v) is 1.60. The van der Waals surface area contributed by atoms with Gasteiger partial charge in [0.05, 0.1) is 0 Å². The van der Waals surface area contributed by atoms with E-state index >= 15 is 0 Å². The Kier molecular flexibility index (Phi) is 8.71. The number of aliphatic hydroxyl groups is 2. The lowest BCUT2D eigenvalue weighted by Crippen LogP contribution is -1.88. The lowest BCUT2D eigenvalue weighted by atomic mass is 10.4. The van der Waals surface area contributed by atoms with E-state index in [4.69, 9.17) is 19.7 Å². The molecule has 0 bridgehead atoms. The van der Waals surface area contributed by atoms with Crippen LogP contribution in [-0.2, 0) is 9.47 Å². The Morgan fingerprint density at radius 3 is 1.62 bits per heavy atom. The first-order valence-electron chi connectivity index (χ1n) is 5.15. The lowest BCUT2D eigenvalue weighted by Gasteiger charge is -1.96. The summed E-state index contributed by atoms with van der Waals surface area (Å²) in [6, 6.07) is 0. The molecule has 0 aromatic heterocycles. The minimum absolute atomic E-state index is 0.189. The van der Waals surface area contributed by atoms with Crippen LogP contribution in [0.4, 0.5) is 0 Å². The van der Waals surface area contributed by atoms with Gasteiger partial charge < -0.3 is 19.7 Å². The van der Waals surface area contributed by atoms with E-state index in [2.05, 4.69) is 11.8 Å². The summed E-state index contributed by atoms with van der Waals surface area (Å²) in [6.07, 6.45) is 3.63. The van der Waals surface area contributed by atoms with Gasteiger partial charge in [0, 0.05) is 12.8 Å². The van der Waals surface area contributed by atoms with Crippen LogP contribution in [0.1, 0.15) is 26.7 Å². The highest BCUT2D eigenvalue weighted by atomic mass is 16.5. The minimum atomic E-state index is 0.189. The molecule has 4 heteroatoms. The van der Waals surface area contributed by atoms with Crippen LogP contribution in [0.2, 0.25) is 0 Å². The maximum Gasteiger partial charge on any atom is 0.148 e. The predicted molar refractivity (Wildman–Crippen MR) is 61.7 cm³/mol. The van der Waals surface area contributed by atoms with Gasteiger partial charge in [-0.05, 0) is 0 Å². The van der Waals surface area contributed by atoms with E-state index in [9.17, 15) is 0 Å². The summed E-state index contributed by atoms with van der Waals surface area (Å²) in [7, 11) is 0. The normalized spacial score (nSPS) is 11.6. The zero-order chi connectivity index (χ0) is 12.2. The standard InChI is InChI=1S/C12H18O4/c1-3-11(13)9-15-7-5-6-8-16-10-12(14)4-2/h9-10,13-14H,3-4,7-8H2,1-2H3. The zero-order valence-corrected chi connectivity index (χ0v) is 9.69. The fourth-order valence-electron chi connectivity index (χ4n) is 0.628. The number of aliphatic hydroxyl groups excluding tert-OH is 2. The van der Waals surface area contributed by atoms with Crippen LogP contribution in [0.5, 0.6) is 0 Å². The molecule has 0 aliphatic carbocycles. The van der Waals surface area contributed by atoms with Gasteiger partial charge in [-0.2, -0.15) is 0 Å². The van der Waals surface area contributed by atoms with Crippen molar-refractivity contribution in [3.05, 3.63) is 24.0 Å². The molecule has 90 valence electrons. The molecule has 0 radical (unpaired) electrons. The predicted octanol–water partition coefficient (Wildman–Crippen LogP) is 2.64. The van der Waals surface area contributed by atoms with E-state index in [-0.39, 0.29) is 24.7 Å². The van der Waals surface area contributed by atoms with Crippen molar-refractivity contribution >= 4 is 0 Å². The Morgan fingerprint density at radius 1 is 0.938 bits per heavy atom. The molecule has 0 aliphatic heterocycles. The third kappa shape index (κ3) is 8.82. The highest BCUT2D eigenvalue weighted by molar-refractivity contribution is 5.00. The Balaban J connectivity index is 3.57. The van der Waals surface area contributed by atoms with Gasteiger partial charge in [-0.3, -0.25) is 0 Å². The van der Waals surface area contributed by atoms with Crippen molar-refractivity contribution in [2.75, 3.05) is 13.2 Å². The maximum absolute atomic E-state index is 9.01. The molecule has 0 rings (SSSR count). The van der Waals surface area contributed by atoms with E-state index in [1.54, 1.807) is 0 Å². The molecule has 0 aromatic carbocycles. The van der Waals surface area contributed by atoms with E-state index in [1.165, 1.54) is 12.5 Å². The molecule has 0 heterocycles. The molecule has 0 saturated carbocycles. The zero-order valence-electron chi connectivity index (χ0n) is 9.69. The molecule has 0 unspecified atom stereocenters. The van der Waals surface area contributed by atoms with Crippen LogP contribution in [0.25, 0.3) is 0 Å². The van der Waals surface area contributed by atoms with E-state index in [0.717, 1.165) is 0 Å². The van der Waals surface area contributed by atoms with Gasteiger partial charge in [-0.15, -0.1) is 0 Å². The van der Waals surface area contributed by atoms with E-state index in [1.807, 2.05) is 13.8 Å². The first-order valence-corrected chi connectivity index (χ1v) is 5.15. The van der Waals surface area contributed by atoms with E-state index < -0.39 is 0 Å². The molecule has 0 fully saturated rings. The number of hydrogen-bond acceptors (Lipinski definition) is 4. The summed E-state index contributed by atoms with van der Waals surface area (Å²) >= 11 is 0. The van der Waals surface area contributed by atoms with Crippen LogP contribution in [-0.4, -0.2) is 23.4 Å². The molecule has 0 aromatic rings. The second kappa shape index (κ2) is 9.78. The largest absolute Gasteiger partial charge is 0.509 e. The summed E-state index contributed by atoms with van der Waals surface area (Å²) < 4.78 is 9.86. The second-order valence-corrected chi connectivity index (χ2v) is 2.90. The van der Waals surface area contributed by atoms with Crippen LogP contribution in [0.3, 0.4) is 0 Å².